The zero-order valence-electron chi connectivity index (χ0n) is 11.8. The van der Waals surface area contributed by atoms with E-state index >= 15 is 0 Å². The van der Waals surface area contributed by atoms with Crippen LogP contribution in [0.5, 0.6) is 11.5 Å². The molecule has 3 rings (SSSR count). The summed E-state index contributed by atoms with van der Waals surface area (Å²) in [4.78, 5) is 0. The van der Waals surface area contributed by atoms with Gasteiger partial charge in [0.25, 0.3) is 0 Å². The Bertz CT molecular complexity index is 534. The van der Waals surface area contributed by atoms with Crippen molar-refractivity contribution in [1.82, 2.24) is 4.57 Å². The van der Waals surface area contributed by atoms with Crippen molar-refractivity contribution in [3.05, 3.63) is 48.3 Å². The highest BCUT2D eigenvalue weighted by Gasteiger charge is 2.14. The Balaban J connectivity index is 1.46. The summed E-state index contributed by atoms with van der Waals surface area (Å²) in [5.74, 6) is 2.00. The highest BCUT2D eigenvalue weighted by Crippen LogP contribution is 2.32. The van der Waals surface area contributed by atoms with Crippen LogP contribution in [0.2, 0.25) is 0 Å². The molecule has 0 bridgehead atoms. The summed E-state index contributed by atoms with van der Waals surface area (Å²) in [6, 6.07) is 10.2. The Hall–Kier alpha value is -1.90. The Morgan fingerprint density at radius 3 is 2.90 bits per heavy atom. The molecule has 1 aromatic carbocycles. The van der Waals surface area contributed by atoms with Crippen molar-refractivity contribution in [1.29, 1.82) is 0 Å². The number of aryl methyl sites for hydroxylation is 1. The van der Waals surface area contributed by atoms with E-state index in [0.717, 1.165) is 56.9 Å². The second kappa shape index (κ2) is 6.51. The van der Waals surface area contributed by atoms with E-state index in [1.54, 1.807) is 0 Å². The molecule has 2 heterocycles. The van der Waals surface area contributed by atoms with Gasteiger partial charge < -0.3 is 14.0 Å². The van der Waals surface area contributed by atoms with Gasteiger partial charge >= 0.3 is 0 Å². The van der Waals surface area contributed by atoms with Crippen LogP contribution in [0.4, 0.5) is 0 Å². The Morgan fingerprint density at radius 2 is 2.00 bits per heavy atom. The van der Waals surface area contributed by atoms with Gasteiger partial charge in [0.1, 0.15) is 11.5 Å². The Morgan fingerprint density at radius 1 is 1.10 bits per heavy atom. The number of rotatable bonds is 6. The molecule has 0 unspecified atom stereocenters. The number of hydrogen-bond donors (Lipinski definition) is 0. The lowest BCUT2D eigenvalue weighted by Crippen LogP contribution is -2.10. The van der Waals surface area contributed by atoms with Crippen molar-refractivity contribution in [3.8, 4) is 11.5 Å². The molecule has 0 atom stereocenters. The van der Waals surface area contributed by atoms with E-state index < -0.39 is 0 Å². The van der Waals surface area contributed by atoms with Gasteiger partial charge in [-0.1, -0.05) is 6.07 Å². The van der Waals surface area contributed by atoms with Crippen LogP contribution in [0.15, 0.2) is 42.7 Å². The maximum absolute atomic E-state index is 5.93. The minimum atomic E-state index is 0.776. The summed E-state index contributed by atoms with van der Waals surface area (Å²) in [6.07, 6.45) is 8.57. The van der Waals surface area contributed by atoms with Gasteiger partial charge in [0.15, 0.2) is 0 Å². The Kier molecular flexibility index (Phi) is 4.26. The molecular formula is C17H21NO2. The molecule has 2 aromatic rings. The second-order valence-corrected chi connectivity index (χ2v) is 5.16. The van der Waals surface area contributed by atoms with Gasteiger partial charge in [-0.25, -0.2) is 0 Å². The molecule has 3 heteroatoms. The average Bonchev–Trinajstić information content (AvgIpc) is 3.00. The van der Waals surface area contributed by atoms with Gasteiger partial charge in [0, 0.05) is 24.5 Å². The molecule has 0 amide bonds. The molecule has 1 aromatic heterocycles. The molecule has 0 radical (unpaired) electrons. The second-order valence-electron chi connectivity index (χ2n) is 5.16. The van der Waals surface area contributed by atoms with Crippen LogP contribution >= 0.6 is 0 Å². The highest BCUT2D eigenvalue weighted by atomic mass is 16.5. The lowest BCUT2D eigenvalue weighted by Gasteiger charge is -2.20. The lowest BCUT2D eigenvalue weighted by atomic mass is 10.1. The molecule has 3 nitrogen and oxygen atoms in total. The fraction of sp³-hybridized carbons (Fsp3) is 0.412. The normalized spacial score (nSPS) is 13.6. The van der Waals surface area contributed by atoms with E-state index in [0.29, 0.717) is 0 Å². The molecular weight excluding hydrogens is 250 g/mol. The van der Waals surface area contributed by atoms with Crippen molar-refractivity contribution in [2.24, 2.45) is 0 Å². The summed E-state index contributed by atoms with van der Waals surface area (Å²) in [7, 11) is 0. The minimum Gasteiger partial charge on any atom is -0.493 e. The summed E-state index contributed by atoms with van der Waals surface area (Å²) >= 11 is 0. The maximum atomic E-state index is 5.93. The van der Waals surface area contributed by atoms with E-state index in [1.165, 1.54) is 5.56 Å². The van der Waals surface area contributed by atoms with Gasteiger partial charge in [-0.3, -0.25) is 0 Å². The zero-order valence-corrected chi connectivity index (χ0v) is 11.8. The fourth-order valence-electron chi connectivity index (χ4n) is 2.59. The first kappa shape index (κ1) is 13.1. The van der Waals surface area contributed by atoms with Gasteiger partial charge in [0.2, 0.25) is 0 Å². The van der Waals surface area contributed by atoms with Crippen LogP contribution < -0.4 is 9.47 Å². The lowest BCUT2D eigenvalue weighted by molar-refractivity contribution is 0.268. The fourth-order valence-corrected chi connectivity index (χ4v) is 2.59. The van der Waals surface area contributed by atoms with Gasteiger partial charge in [0.05, 0.1) is 13.2 Å². The summed E-state index contributed by atoms with van der Waals surface area (Å²) < 4.78 is 13.8. The molecule has 0 N–H and O–H groups in total. The molecule has 1 aliphatic heterocycles. The van der Waals surface area contributed by atoms with E-state index in [1.807, 2.05) is 12.1 Å². The molecule has 1 aliphatic rings. The van der Waals surface area contributed by atoms with E-state index in [9.17, 15) is 0 Å². The summed E-state index contributed by atoms with van der Waals surface area (Å²) in [5, 5.41) is 0. The SMILES string of the molecule is c1cc(OCCCCn2cccc2)c2c(c1)OCCC2. The zero-order chi connectivity index (χ0) is 13.6. The first-order valence-corrected chi connectivity index (χ1v) is 7.42. The van der Waals surface area contributed by atoms with E-state index in [2.05, 4.69) is 35.2 Å². The van der Waals surface area contributed by atoms with E-state index in [4.69, 9.17) is 9.47 Å². The molecule has 106 valence electrons. The smallest absolute Gasteiger partial charge is 0.126 e. The highest BCUT2D eigenvalue weighted by molar-refractivity contribution is 5.45. The quantitative estimate of drug-likeness (QED) is 0.748. The molecule has 0 saturated heterocycles. The van der Waals surface area contributed by atoms with Crippen LogP contribution in [0, 0.1) is 0 Å². The standard InChI is InChI=1S/C17H21NO2/c1-2-11-18(10-1)12-3-4-13-19-16-8-5-9-17-15(16)7-6-14-20-17/h1-2,5,8-11H,3-4,6-7,12-14H2. The number of ether oxygens (including phenoxy) is 2. The first-order chi connectivity index (χ1) is 9.93. The third-order valence-corrected chi connectivity index (χ3v) is 3.65. The van der Waals surface area contributed by atoms with Crippen molar-refractivity contribution < 1.29 is 9.47 Å². The number of nitrogens with zero attached hydrogens (tertiary/aromatic N) is 1. The number of fused-ring (bicyclic) bond motifs is 1. The third-order valence-electron chi connectivity index (χ3n) is 3.65. The molecule has 0 fully saturated rings. The van der Waals surface area contributed by atoms with Crippen LogP contribution in [-0.2, 0) is 13.0 Å². The topological polar surface area (TPSA) is 23.4 Å². The number of unbranched alkanes of at least 4 members (excludes halogenated alkanes) is 1. The molecule has 0 aliphatic carbocycles. The predicted octanol–water partition coefficient (Wildman–Crippen LogP) is 3.67. The predicted molar refractivity (Wildman–Crippen MR) is 79.4 cm³/mol. The van der Waals surface area contributed by atoms with E-state index in [-0.39, 0.29) is 0 Å². The monoisotopic (exact) mass is 271 g/mol. The molecule has 0 spiro atoms. The minimum absolute atomic E-state index is 0.776. The largest absolute Gasteiger partial charge is 0.493 e. The van der Waals surface area contributed by atoms with Crippen molar-refractivity contribution >= 4 is 0 Å². The maximum Gasteiger partial charge on any atom is 0.126 e. The van der Waals surface area contributed by atoms with Crippen LogP contribution in [0.1, 0.15) is 24.8 Å². The van der Waals surface area contributed by atoms with Gasteiger partial charge in [-0.05, 0) is 49.9 Å². The summed E-state index contributed by atoms with van der Waals surface area (Å²) in [5.41, 5.74) is 1.24. The average molecular weight is 271 g/mol. The number of benzene rings is 1. The molecule has 20 heavy (non-hydrogen) atoms. The van der Waals surface area contributed by atoms with Crippen molar-refractivity contribution in [2.75, 3.05) is 13.2 Å². The van der Waals surface area contributed by atoms with Crippen LogP contribution in [-0.4, -0.2) is 17.8 Å². The Labute approximate surface area is 120 Å². The first-order valence-electron chi connectivity index (χ1n) is 7.42. The van der Waals surface area contributed by atoms with Crippen molar-refractivity contribution in [3.63, 3.8) is 0 Å². The van der Waals surface area contributed by atoms with Gasteiger partial charge in [-0.15, -0.1) is 0 Å². The van der Waals surface area contributed by atoms with Crippen LogP contribution in [0.25, 0.3) is 0 Å². The molecule has 0 saturated carbocycles. The van der Waals surface area contributed by atoms with Gasteiger partial charge in [-0.2, -0.15) is 0 Å². The van der Waals surface area contributed by atoms with Crippen molar-refractivity contribution in [2.45, 2.75) is 32.2 Å². The van der Waals surface area contributed by atoms with Crippen LogP contribution in [0.3, 0.4) is 0 Å². The summed E-state index contributed by atoms with van der Waals surface area (Å²) in [6.45, 7) is 2.66. The number of aromatic nitrogens is 1. The number of hydrogen-bond acceptors (Lipinski definition) is 2. The third kappa shape index (κ3) is 3.16.